The summed E-state index contributed by atoms with van der Waals surface area (Å²) in [6.07, 6.45) is 0. The summed E-state index contributed by atoms with van der Waals surface area (Å²) in [5.74, 6) is 3.14. The van der Waals surface area contributed by atoms with Crippen molar-refractivity contribution in [2.75, 3.05) is 0 Å². The van der Waals surface area contributed by atoms with Crippen molar-refractivity contribution < 1.29 is 9.47 Å². The Morgan fingerprint density at radius 3 is 2.12 bits per heavy atom. The molecule has 0 saturated heterocycles. The van der Waals surface area contributed by atoms with Gasteiger partial charge in [-0.25, -0.2) is 0 Å². The van der Waals surface area contributed by atoms with Crippen LogP contribution in [0.1, 0.15) is 5.56 Å². The summed E-state index contributed by atoms with van der Waals surface area (Å²) in [4.78, 5) is 0. The van der Waals surface area contributed by atoms with E-state index in [1.807, 2.05) is 36.4 Å². The molecule has 0 atom stereocenters. The minimum Gasteiger partial charge on any atom is -0.450 e. The fraction of sp³-hybridized carbons (Fsp3) is 0.0769. The van der Waals surface area contributed by atoms with Gasteiger partial charge in [-0.2, -0.15) is 0 Å². The molecule has 1 heterocycles. The maximum absolute atomic E-state index is 5.79. The summed E-state index contributed by atoms with van der Waals surface area (Å²) in [5.41, 5.74) is 1.24. The molecule has 80 valence electrons. The molecule has 3 heteroatoms. The number of alkyl halides is 1. The van der Waals surface area contributed by atoms with Crippen LogP contribution in [0.3, 0.4) is 0 Å². The van der Waals surface area contributed by atoms with Crippen molar-refractivity contribution in [3.63, 3.8) is 0 Å². The molecule has 0 aromatic heterocycles. The Morgan fingerprint density at radius 1 is 0.812 bits per heavy atom. The fourth-order valence-electron chi connectivity index (χ4n) is 1.66. The van der Waals surface area contributed by atoms with Crippen LogP contribution < -0.4 is 9.47 Å². The molecule has 0 spiro atoms. The van der Waals surface area contributed by atoms with Crippen molar-refractivity contribution in [1.29, 1.82) is 0 Å². The predicted octanol–water partition coefficient (Wildman–Crippen LogP) is 4.52. The molecule has 0 aliphatic carbocycles. The summed E-state index contributed by atoms with van der Waals surface area (Å²) >= 11 is 2.33. The van der Waals surface area contributed by atoms with E-state index in [0.717, 1.165) is 27.4 Å². The molecule has 1 aliphatic rings. The van der Waals surface area contributed by atoms with E-state index < -0.39 is 0 Å². The molecule has 2 aromatic rings. The van der Waals surface area contributed by atoms with Gasteiger partial charge in [0.05, 0.1) is 0 Å². The van der Waals surface area contributed by atoms with E-state index >= 15 is 0 Å². The Balaban J connectivity index is 2.05. The first-order valence-corrected chi connectivity index (χ1v) is 6.53. The Bertz CT molecular complexity index is 537. The molecule has 1 aliphatic heterocycles. The molecule has 0 radical (unpaired) electrons. The molecular weight excluding hydrogens is 315 g/mol. The van der Waals surface area contributed by atoms with Crippen LogP contribution in [0.15, 0.2) is 42.5 Å². The lowest BCUT2D eigenvalue weighted by molar-refractivity contribution is 0.359. The van der Waals surface area contributed by atoms with E-state index in [0.29, 0.717) is 0 Å². The van der Waals surface area contributed by atoms with Gasteiger partial charge in [0.15, 0.2) is 23.0 Å². The minimum atomic E-state index is 0.775. The molecule has 16 heavy (non-hydrogen) atoms. The third-order valence-electron chi connectivity index (χ3n) is 2.45. The van der Waals surface area contributed by atoms with Gasteiger partial charge in [0, 0.05) is 4.43 Å². The highest BCUT2D eigenvalue weighted by Gasteiger charge is 2.17. The number of hydrogen-bond donors (Lipinski definition) is 0. The molecule has 0 unspecified atom stereocenters. The van der Waals surface area contributed by atoms with Gasteiger partial charge in [-0.3, -0.25) is 0 Å². The van der Waals surface area contributed by atoms with Gasteiger partial charge in [0.2, 0.25) is 0 Å². The van der Waals surface area contributed by atoms with Crippen LogP contribution in [-0.2, 0) is 4.43 Å². The van der Waals surface area contributed by atoms with E-state index in [9.17, 15) is 0 Å². The quantitative estimate of drug-likeness (QED) is 0.484. The van der Waals surface area contributed by atoms with Crippen LogP contribution in [0.4, 0.5) is 0 Å². The van der Waals surface area contributed by atoms with Crippen LogP contribution in [-0.4, -0.2) is 0 Å². The van der Waals surface area contributed by atoms with Crippen molar-refractivity contribution in [3.8, 4) is 23.0 Å². The number of halogens is 1. The minimum absolute atomic E-state index is 0.775. The fourth-order valence-corrected chi connectivity index (χ4v) is 2.13. The molecule has 0 amide bonds. The van der Waals surface area contributed by atoms with Gasteiger partial charge < -0.3 is 9.47 Å². The second-order valence-corrected chi connectivity index (χ2v) is 4.33. The molecule has 2 aromatic carbocycles. The number of fused-ring (bicyclic) bond motifs is 2. The van der Waals surface area contributed by atoms with Gasteiger partial charge in [-0.15, -0.1) is 0 Å². The topological polar surface area (TPSA) is 18.5 Å². The largest absolute Gasteiger partial charge is 0.450 e. The predicted molar refractivity (Wildman–Crippen MR) is 70.8 cm³/mol. The summed E-state index contributed by atoms with van der Waals surface area (Å²) in [6, 6.07) is 13.7. The third-order valence-corrected chi connectivity index (χ3v) is 3.33. The Labute approximate surface area is 107 Å². The number of benzene rings is 2. The molecule has 0 bridgehead atoms. The zero-order valence-electron chi connectivity index (χ0n) is 8.44. The highest BCUT2D eigenvalue weighted by atomic mass is 127. The van der Waals surface area contributed by atoms with E-state index in [-0.39, 0.29) is 0 Å². The average Bonchev–Trinajstić information content (AvgIpc) is 2.35. The van der Waals surface area contributed by atoms with Crippen molar-refractivity contribution in [1.82, 2.24) is 0 Å². The first kappa shape index (κ1) is 9.96. The SMILES string of the molecule is ICc1ccc2c(c1)Oc1ccccc1O2. The Kier molecular flexibility index (Phi) is 2.47. The van der Waals surface area contributed by atoms with E-state index in [1.54, 1.807) is 0 Å². The van der Waals surface area contributed by atoms with E-state index in [4.69, 9.17) is 9.47 Å². The standard InChI is InChI=1S/C13H9IO2/c14-8-9-5-6-12-13(7-9)16-11-4-2-1-3-10(11)15-12/h1-7H,8H2. The molecule has 0 saturated carbocycles. The first-order valence-electron chi connectivity index (χ1n) is 5.00. The summed E-state index contributed by atoms with van der Waals surface area (Å²) in [7, 11) is 0. The van der Waals surface area contributed by atoms with Crippen molar-refractivity contribution in [2.45, 2.75) is 4.43 Å². The molecule has 0 N–H and O–H groups in total. The highest BCUT2D eigenvalue weighted by Crippen LogP contribution is 2.45. The second kappa shape index (κ2) is 3.97. The number of para-hydroxylation sites is 2. The first-order chi connectivity index (χ1) is 7.86. The second-order valence-electron chi connectivity index (χ2n) is 3.57. The number of hydrogen-bond acceptors (Lipinski definition) is 2. The van der Waals surface area contributed by atoms with Gasteiger partial charge in [-0.05, 0) is 29.8 Å². The molecule has 3 rings (SSSR count). The lowest BCUT2D eigenvalue weighted by Gasteiger charge is -2.20. The highest BCUT2D eigenvalue weighted by molar-refractivity contribution is 14.1. The zero-order chi connectivity index (χ0) is 11.0. The van der Waals surface area contributed by atoms with Crippen LogP contribution in [0.25, 0.3) is 0 Å². The van der Waals surface area contributed by atoms with Gasteiger partial charge >= 0.3 is 0 Å². The maximum Gasteiger partial charge on any atom is 0.170 e. The Hall–Kier alpha value is -1.23. The smallest absolute Gasteiger partial charge is 0.170 e. The molecule has 0 fully saturated rings. The van der Waals surface area contributed by atoms with E-state index in [2.05, 4.69) is 28.7 Å². The zero-order valence-corrected chi connectivity index (χ0v) is 10.6. The summed E-state index contributed by atoms with van der Waals surface area (Å²) in [5, 5.41) is 0. The van der Waals surface area contributed by atoms with Crippen LogP contribution in [0.2, 0.25) is 0 Å². The van der Waals surface area contributed by atoms with E-state index in [1.165, 1.54) is 5.56 Å². The summed E-state index contributed by atoms with van der Waals surface area (Å²) < 4.78 is 12.5. The Morgan fingerprint density at radius 2 is 1.44 bits per heavy atom. The normalized spacial score (nSPS) is 12.1. The van der Waals surface area contributed by atoms with Gasteiger partial charge in [0.25, 0.3) is 0 Å². The van der Waals surface area contributed by atoms with Crippen molar-refractivity contribution in [2.24, 2.45) is 0 Å². The van der Waals surface area contributed by atoms with Crippen LogP contribution in [0, 0.1) is 0 Å². The molecule has 2 nitrogen and oxygen atoms in total. The number of rotatable bonds is 1. The summed E-state index contributed by atoms with van der Waals surface area (Å²) in [6.45, 7) is 0. The van der Waals surface area contributed by atoms with Gasteiger partial charge in [-0.1, -0.05) is 40.8 Å². The van der Waals surface area contributed by atoms with Crippen LogP contribution >= 0.6 is 22.6 Å². The average molecular weight is 324 g/mol. The lowest BCUT2D eigenvalue weighted by Crippen LogP contribution is -1.98. The van der Waals surface area contributed by atoms with Crippen LogP contribution in [0.5, 0.6) is 23.0 Å². The maximum atomic E-state index is 5.79. The number of ether oxygens (including phenoxy) is 2. The van der Waals surface area contributed by atoms with Crippen molar-refractivity contribution >= 4 is 22.6 Å². The third kappa shape index (κ3) is 1.65. The monoisotopic (exact) mass is 324 g/mol. The molecular formula is C13H9IO2. The van der Waals surface area contributed by atoms with Gasteiger partial charge in [0.1, 0.15) is 0 Å². The van der Waals surface area contributed by atoms with Crippen molar-refractivity contribution in [3.05, 3.63) is 48.0 Å². The lowest BCUT2D eigenvalue weighted by atomic mass is 10.2.